The van der Waals surface area contributed by atoms with Crippen molar-refractivity contribution < 1.29 is 45.2 Å². The van der Waals surface area contributed by atoms with Crippen LogP contribution >= 0.6 is 0 Å². The third-order valence-electron chi connectivity index (χ3n) is 8.92. The minimum absolute atomic E-state index is 0.00731. The summed E-state index contributed by atoms with van der Waals surface area (Å²) in [6.45, 7) is 11.3. The molecule has 4 rings (SSSR count). The zero-order valence-electron chi connectivity index (χ0n) is 30.0. The van der Waals surface area contributed by atoms with Crippen molar-refractivity contribution in [3.05, 3.63) is 83.5 Å². The van der Waals surface area contributed by atoms with Gasteiger partial charge in [0.15, 0.2) is 5.71 Å². The molecule has 1 heterocycles. The molecule has 0 spiro atoms. The molecule has 13 nitrogen and oxygen atoms in total. The van der Waals surface area contributed by atoms with Crippen LogP contribution in [0.15, 0.2) is 82.1 Å². The highest BCUT2D eigenvalue weighted by atomic mass is 32.2. The molecule has 1 aliphatic heterocycles. The number of rotatable bonds is 17. The van der Waals surface area contributed by atoms with Crippen LogP contribution in [0, 0.1) is 0 Å². The lowest BCUT2D eigenvalue weighted by atomic mass is 9.90. The number of hydroxylamine groups is 2. The fraction of sp³-hybridized carbons (Fsp3) is 0.405. The summed E-state index contributed by atoms with van der Waals surface area (Å²) in [5, 5.41) is 0.477. The first-order valence-corrected chi connectivity index (χ1v) is 20.4. The van der Waals surface area contributed by atoms with Crippen LogP contribution in [0.25, 0.3) is 5.57 Å². The molecule has 0 atom stereocenters. The Labute approximate surface area is 306 Å². The van der Waals surface area contributed by atoms with Gasteiger partial charge in [-0.15, -0.1) is 5.06 Å². The van der Waals surface area contributed by atoms with E-state index >= 15 is 0 Å². The van der Waals surface area contributed by atoms with Gasteiger partial charge in [-0.05, 0) is 93.7 Å². The Balaban J connectivity index is 1.58. The third kappa shape index (κ3) is 9.91. The Morgan fingerprint density at radius 1 is 0.865 bits per heavy atom. The van der Waals surface area contributed by atoms with E-state index in [0.717, 1.165) is 43.6 Å². The highest BCUT2D eigenvalue weighted by Crippen LogP contribution is 2.36. The van der Waals surface area contributed by atoms with Gasteiger partial charge in [0.05, 0.1) is 9.79 Å². The Bertz CT molecular complexity index is 1970. The van der Waals surface area contributed by atoms with Crippen molar-refractivity contribution in [2.24, 2.45) is 0 Å². The van der Waals surface area contributed by atoms with Crippen molar-refractivity contribution >= 4 is 54.9 Å². The van der Waals surface area contributed by atoms with Crippen LogP contribution in [0.4, 0.5) is 5.69 Å². The van der Waals surface area contributed by atoms with Crippen LogP contribution in [-0.4, -0.2) is 87.2 Å². The van der Waals surface area contributed by atoms with E-state index in [-0.39, 0.29) is 36.3 Å². The number of carbonyl (C=O) groups is 3. The number of carbonyl (C=O) groups excluding carboxylic acids is 3. The monoisotopic (exact) mass is 754 g/mol. The van der Waals surface area contributed by atoms with Crippen LogP contribution in [-0.2, 0) is 39.4 Å². The van der Waals surface area contributed by atoms with Gasteiger partial charge in [-0.2, -0.15) is 0 Å². The Kier molecular flexibility index (Phi) is 13.9. The van der Waals surface area contributed by atoms with E-state index in [9.17, 15) is 35.8 Å². The molecular formula is C37H46N4O9S2. The standard InChI is InChI=1S/C37H46N4O9S2/c1-5-39(6-2)29-17-13-27(14-18-29)37(28-15-19-30(20-16-28)40(7-3)8-4)32-22-21-31(26-33(32)52(47,48)49)51(45,46)38-25-11-9-10-12-36(44)50-41-34(42)23-24-35(41)43/h13-22,26,38H,5-12,23-25H2,1-4H3. The van der Waals surface area contributed by atoms with E-state index in [0.29, 0.717) is 41.0 Å². The number of allylic oxidation sites excluding steroid dienone is 5. The van der Waals surface area contributed by atoms with Crippen molar-refractivity contribution in [1.29, 1.82) is 0 Å². The maximum Gasteiger partial charge on any atom is 0.333 e. The zero-order valence-corrected chi connectivity index (χ0v) is 31.6. The van der Waals surface area contributed by atoms with Crippen molar-refractivity contribution in [2.75, 3.05) is 37.6 Å². The molecule has 1 N–H and O–H groups in total. The van der Waals surface area contributed by atoms with Crippen LogP contribution < -0.4 is 9.62 Å². The predicted molar refractivity (Wildman–Crippen MR) is 196 cm³/mol. The molecule has 2 aromatic rings. The summed E-state index contributed by atoms with van der Waals surface area (Å²) >= 11 is 0. The lowest BCUT2D eigenvalue weighted by molar-refractivity contribution is -0.519. The summed E-state index contributed by atoms with van der Waals surface area (Å²) in [5.41, 5.74) is 3.78. The number of nitrogens with zero attached hydrogens (tertiary/aromatic N) is 3. The summed E-state index contributed by atoms with van der Waals surface area (Å²) in [4.78, 5) is 41.2. The number of sulfonamides is 1. The minimum Gasteiger partial charge on any atom is -0.744 e. The quantitative estimate of drug-likeness (QED) is 0.106. The topological polar surface area (TPSA) is 173 Å². The summed E-state index contributed by atoms with van der Waals surface area (Å²) in [6.07, 6.45) is 8.54. The van der Waals surface area contributed by atoms with Crippen molar-refractivity contribution in [1.82, 2.24) is 9.79 Å². The summed E-state index contributed by atoms with van der Waals surface area (Å²) in [6, 6.07) is 11.1. The van der Waals surface area contributed by atoms with Gasteiger partial charge in [-0.3, -0.25) is 9.59 Å². The van der Waals surface area contributed by atoms with E-state index < -0.39 is 42.8 Å². The molecule has 2 aliphatic rings. The summed E-state index contributed by atoms with van der Waals surface area (Å²) in [5.74, 6) is -1.89. The van der Waals surface area contributed by atoms with Crippen molar-refractivity contribution in [2.45, 2.75) is 76.0 Å². The maximum absolute atomic E-state index is 13.3. The number of unbranched alkanes of at least 4 members (excludes halogenated alkanes) is 2. The average molecular weight is 755 g/mol. The first-order valence-electron chi connectivity index (χ1n) is 17.5. The Morgan fingerprint density at radius 2 is 1.48 bits per heavy atom. The minimum atomic E-state index is -5.16. The molecule has 1 saturated heterocycles. The molecule has 1 aliphatic carbocycles. The molecular weight excluding hydrogens is 709 g/mol. The molecule has 52 heavy (non-hydrogen) atoms. The normalized spacial score (nSPS) is 14.7. The van der Waals surface area contributed by atoms with Gasteiger partial charge >= 0.3 is 5.97 Å². The molecule has 280 valence electrons. The Hall–Kier alpha value is -4.44. The van der Waals surface area contributed by atoms with Crippen molar-refractivity contribution in [3.63, 3.8) is 0 Å². The van der Waals surface area contributed by atoms with Gasteiger partial charge in [0.1, 0.15) is 23.2 Å². The van der Waals surface area contributed by atoms with Gasteiger partial charge in [0.2, 0.25) is 10.0 Å². The van der Waals surface area contributed by atoms with E-state index in [1.165, 1.54) is 12.1 Å². The average Bonchev–Trinajstić information content (AvgIpc) is 3.44. The molecule has 1 fully saturated rings. The fourth-order valence-electron chi connectivity index (χ4n) is 6.08. The highest BCUT2D eigenvalue weighted by Gasteiger charge is 2.32. The molecule has 0 saturated carbocycles. The van der Waals surface area contributed by atoms with Crippen molar-refractivity contribution in [3.8, 4) is 0 Å². The van der Waals surface area contributed by atoms with E-state index in [2.05, 4.69) is 14.2 Å². The highest BCUT2D eigenvalue weighted by molar-refractivity contribution is 7.89. The summed E-state index contributed by atoms with van der Waals surface area (Å²) < 4.78 is 69.5. The molecule has 0 bridgehead atoms. The lowest BCUT2D eigenvalue weighted by Gasteiger charge is -2.23. The first-order chi connectivity index (χ1) is 24.7. The Morgan fingerprint density at radius 3 is 2.04 bits per heavy atom. The molecule has 0 radical (unpaired) electrons. The number of anilines is 1. The molecule has 0 unspecified atom stereocenters. The van der Waals surface area contributed by atoms with Gasteiger partial charge in [0, 0.05) is 62.3 Å². The smallest absolute Gasteiger partial charge is 0.333 e. The van der Waals surface area contributed by atoms with Gasteiger partial charge in [-0.1, -0.05) is 24.6 Å². The second-order valence-electron chi connectivity index (χ2n) is 12.2. The number of imide groups is 1. The largest absolute Gasteiger partial charge is 0.744 e. The van der Waals surface area contributed by atoms with Crippen LogP contribution in [0.3, 0.4) is 0 Å². The number of amides is 2. The number of hydrogen-bond acceptors (Lipinski definition) is 10. The van der Waals surface area contributed by atoms with E-state index in [4.69, 9.17) is 4.84 Å². The van der Waals surface area contributed by atoms with Gasteiger partial charge < -0.3 is 14.3 Å². The SMILES string of the molecule is CCN(CC)c1ccc(C(=C2C=CC(=[N+](CC)CC)C=C2)c2ccc(S(=O)(=O)NCCCCCC(=O)ON3C(=O)CCC3=O)cc2S(=O)(=O)[O-])cc1. The molecule has 15 heteroatoms. The van der Waals surface area contributed by atoms with Gasteiger partial charge in [-0.25, -0.2) is 30.9 Å². The van der Waals surface area contributed by atoms with E-state index in [1.54, 1.807) is 0 Å². The second kappa shape index (κ2) is 17.9. The molecule has 0 aromatic heterocycles. The first kappa shape index (κ1) is 40.3. The van der Waals surface area contributed by atoms with Gasteiger partial charge in [0.25, 0.3) is 11.8 Å². The van der Waals surface area contributed by atoms with Crippen LogP contribution in [0.1, 0.15) is 77.3 Å². The number of nitrogens with one attached hydrogen (secondary N) is 1. The zero-order chi connectivity index (χ0) is 38.1. The fourth-order valence-corrected chi connectivity index (χ4v) is 7.97. The molecule has 2 aromatic carbocycles. The number of benzene rings is 2. The second-order valence-corrected chi connectivity index (χ2v) is 15.3. The van der Waals surface area contributed by atoms with E-state index in [1.807, 2.05) is 76.3 Å². The summed E-state index contributed by atoms with van der Waals surface area (Å²) in [7, 11) is -9.40. The predicted octanol–water partition coefficient (Wildman–Crippen LogP) is 4.30. The third-order valence-corrected chi connectivity index (χ3v) is 11.3. The lowest BCUT2D eigenvalue weighted by Crippen LogP contribution is -2.31. The number of hydrogen-bond donors (Lipinski definition) is 1. The van der Waals surface area contributed by atoms with Crippen LogP contribution in [0.5, 0.6) is 0 Å². The van der Waals surface area contributed by atoms with Crippen LogP contribution in [0.2, 0.25) is 0 Å². The maximum atomic E-state index is 13.3. The molecule has 2 amide bonds.